The lowest BCUT2D eigenvalue weighted by Gasteiger charge is -2.43. The lowest BCUT2D eigenvalue weighted by molar-refractivity contribution is -0.169. The van der Waals surface area contributed by atoms with Gasteiger partial charge in [-0.15, -0.1) is 11.3 Å². The predicted molar refractivity (Wildman–Crippen MR) is 98.2 cm³/mol. The van der Waals surface area contributed by atoms with E-state index in [9.17, 15) is 14.7 Å². The first-order valence-corrected chi connectivity index (χ1v) is 10.1. The molecule has 27 heavy (non-hydrogen) atoms. The fourth-order valence-electron chi connectivity index (χ4n) is 5.24. The Labute approximate surface area is 160 Å². The number of allylic oxidation sites excluding steroid dienone is 1. The number of rotatable bonds is 1. The normalized spacial score (nSPS) is 45.3. The summed E-state index contributed by atoms with van der Waals surface area (Å²) in [5.74, 6) is -1.21. The van der Waals surface area contributed by atoms with Crippen molar-refractivity contribution >= 4 is 28.8 Å². The fraction of sp³-hybridized carbons (Fsp3) is 0.500. The first-order chi connectivity index (χ1) is 12.8. The van der Waals surface area contributed by atoms with Crippen molar-refractivity contribution in [1.82, 2.24) is 5.48 Å². The van der Waals surface area contributed by atoms with E-state index in [1.54, 1.807) is 30.4 Å². The number of nitrogens with one attached hydrogen (secondary N) is 1. The molecule has 2 aliphatic carbocycles. The number of esters is 1. The number of hydroxylamine groups is 1. The van der Waals surface area contributed by atoms with Gasteiger partial charge < -0.3 is 9.84 Å². The number of aliphatic hydroxyl groups is 1. The number of fused-ring (bicyclic) bond motifs is 4. The fourth-order valence-corrected chi connectivity index (χ4v) is 5.93. The summed E-state index contributed by atoms with van der Waals surface area (Å²) >= 11 is 1.54. The molecule has 5 rings (SSSR count). The minimum Gasteiger partial charge on any atom is -0.458 e. The van der Waals surface area contributed by atoms with Crippen molar-refractivity contribution in [2.75, 3.05) is 0 Å². The van der Waals surface area contributed by atoms with Gasteiger partial charge in [-0.25, -0.2) is 4.79 Å². The second-order valence-corrected chi connectivity index (χ2v) is 9.12. The highest BCUT2D eigenvalue weighted by atomic mass is 32.1. The van der Waals surface area contributed by atoms with Gasteiger partial charge in [0.25, 0.3) is 0 Å². The molecule has 0 bridgehead atoms. The number of hydrogen-bond donors (Lipinski definition) is 2. The Morgan fingerprint density at radius 3 is 2.89 bits per heavy atom. The van der Waals surface area contributed by atoms with Crippen LogP contribution in [0, 0.1) is 17.3 Å². The van der Waals surface area contributed by atoms with Crippen LogP contribution >= 0.6 is 11.3 Å². The molecule has 3 heterocycles. The Bertz CT molecular complexity index is 892. The van der Waals surface area contributed by atoms with Gasteiger partial charge in [-0.3, -0.25) is 15.1 Å². The molecule has 1 saturated heterocycles. The van der Waals surface area contributed by atoms with Crippen LogP contribution in [0.1, 0.15) is 31.6 Å². The molecule has 7 heteroatoms. The number of hydrogen-bond acceptors (Lipinski definition) is 7. The van der Waals surface area contributed by atoms with Gasteiger partial charge in [-0.05, 0) is 55.4 Å². The van der Waals surface area contributed by atoms with E-state index in [4.69, 9.17) is 9.57 Å². The van der Waals surface area contributed by atoms with Crippen molar-refractivity contribution in [3.8, 4) is 0 Å². The van der Waals surface area contributed by atoms with Crippen LogP contribution in [0.2, 0.25) is 0 Å². The number of ether oxygens (including phenoxy) is 1. The topological polar surface area (TPSA) is 84.9 Å². The molecule has 6 atom stereocenters. The zero-order chi connectivity index (χ0) is 19.0. The summed E-state index contributed by atoms with van der Waals surface area (Å²) in [5, 5.41) is 13.3. The molecule has 1 aromatic rings. The standard InChI is InChI=1S/C20H21NO5S/c1-11-5-6-12-16(18(2)15(22)7-8-20(11,18)24)25-17(23)19(12)10-13(21-26-19)14-4-3-9-27-14/h3-4,7-12,16,21,24H,5-6H2,1-2H3/t11-,12+,16+,18-,19?,20+/m0/s1. The number of thiophene rings is 1. The van der Waals surface area contributed by atoms with E-state index in [0.29, 0.717) is 12.8 Å². The van der Waals surface area contributed by atoms with Crippen LogP contribution < -0.4 is 5.48 Å². The maximum Gasteiger partial charge on any atom is 0.346 e. The molecular weight excluding hydrogens is 366 g/mol. The van der Waals surface area contributed by atoms with Gasteiger partial charge in [0.15, 0.2) is 5.78 Å². The van der Waals surface area contributed by atoms with Gasteiger partial charge in [0.2, 0.25) is 5.60 Å². The summed E-state index contributed by atoms with van der Waals surface area (Å²) in [5.41, 5.74) is -0.201. The smallest absolute Gasteiger partial charge is 0.346 e. The van der Waals surface area contributed by atoms with Crippen molar-refractivity contribution in [2.45, 2.75) is 44.0 Å². The number of ketones is 1. The highest BCUT2D eigenvalue weighted by Crippen LogP contribution is 2.59. The van der Waals surface area contributed by atoms with E-state index in [0.717, 1.165) is 10.6 Å². The monoisotopic (exact) mass is 387 g/mol. The lowest BCUT2D eigenvalue weighted by atomic mass is 9.64. The Balaban J connectivity index is 1.62. The minimum atomic E-state index is -1.33. The molecule has 2 fully saturated rings. The predicted octanol–water partition coefficient (Wildman–Crippen LogP) is 2.21. The average Bonchev–Trinajstić information content (AvgIpc) is 3.39. The van der Waals surface area contributed by atoms with Crippen LogP contribution in [0.15, 0.2) is 35.7 Å². The van der Waals surface area contributed by atoms with Crippen LogP contribution in [0.25, 0.3) is 5.70 Å². The van der Waals surface area contributed by atoms with Crippen molar-refractivity contribution in [1.29, 1.82) is 0 Å². The van der Waals surface area contributed by atoms with Crippen molar-refractivity contribution in [3.63, 3.8) is 0 Å². The summed E-state index contributed by atoms with van der Waals surface area (Å²) in [7, 11) is 0. The summed E-state index contributed by atoms with van der Waals surface area (Å²) in [6, 6.07) is 3.88. The van der Waals surface area contributed by atoms with Crippen LogP contribution in [0.3, 0.4) is 0 Å². The molecule has 2 N–H and O–H groups in total. The third kappa shape index (κ3) is 1.92. The summed E-state index contributed by atoms with van der Waals surface area (Å²) in [6.07, 6.45) is 5.33. The van der Waals surface area contributed by atoms with E-state index in [1.807, 2.05) is 24.4 Å². The molecular formula is C20H21NO5S. The second kappa shape index (κ2) is 5.31. The molecule has 1 unspecified atom stereocenters. The maximum atomic E-state index is 13.0. The minimum absolute atomic E-state index is 0.137. The van der Waals surface area contributed by atoms with Gasteiger partial charge >= 0.3 is 5.97 Å². The molecule has 142 valence electrons. The van der Waals surface area contributed by atoms with Crippen LogP contribution in [-0.2, 0) is 19.2 Å². The Hall–Kier alpha value is -1.96. The molecule has 4 aliphatic rings. The van der Waals surface area contributed by atoms with Gasteiger partial charge in [0.05, 0.1) is 16.0 Å². The van der Waals surface area contributed by atoms with Crippen molar-refractivity contribution in [2.24, 2.45) is 17.3 Å². The third-order valence-corrected chi connectivity index (χ3v) is 7.91. The zero-order valence-corrected chi connectivity index (χ0v) is 15.9. The van der Waals surface area contributed by atoms with Gasteiger partial charge in [-0.2, -0.15) is 0 Å². The van der Waals surface area contributed by atoms with Crippen LogP contribution in [-0.4, -0.2) is 34.2 Å². The first-order valence-electron chi connectivity index (χ1n) is 9.21. The SMILES string of the molecule is C[C@H]1CC[C@@H]2[C@@H](OC(=O)C23C=C(c2cccs2)NO3)[C@]2(C)C(=O)C=C[C@@]12O. The summed E-state index contributed by atoms with van der Waals surface area (Å²) < 4.78 is 5.78. The van der Waals surface area contributed by atoms with E-state index in [1.165, 1.54) is 6.08 Å². The molecule has 0 radical (unpaired) electrons. The van der Waals surface area contributed by atoms with E-state index < -0.39 is 28.7 Å². The van der Waals surface area contributed by atoms with Gasteiger partial charge in [-0.1, -0.05) is 13.0 Å². The molecule has 1 aromatic heterocycles. The highest BCUT2D eigenvalue weighted by Gasteiger charge is 2.72. The van der Waals surface area contributed by atoms with Crippen molar-refractivity contribution in [3.05, 3.63) is 40.6 Å². The summed E-state index contributed by atoms with van der Waals surface area (Å²) in [4.78, 5) is 32.6. The molecule has 2 aliphatic heterocycles. The summed E-state index contributed by atoms with van der Waals surface area (Å²) in [6.45, 7) is 3.66. The molecule has 6 nitrogen and oxygen atoms in total. The van der Waals surface area contributed by atoms with Gasteiger partial charge in [0.1, 0.15) is 11.7 Å². The maximum absolute atomic E-state index is 13.0. The molecule has 0 amide bonds. The van der Waals surface area contributed by atoms with Gasteiger partial charge in [0, 0.05) is 5.92 Å². The third-order valence-electron chi connectivity index (χ3n) is 7.01. The Kier molecular flexibility index (Phi) is 3.37. The Morgan fingerprint density at radius 2 is 2.15 bits per heavy atom. The van der Waals surface area contributed by atoms with Crippen LogP contribution in [0.4, 0.5) is 0 Å². The second-order valence-electron chi connectivity index (χ2n) is 8.17. The Morgan fingerprint density at radius 1 is 1.33 bits per heavy atom. The lowest BCUT2D eigenvalue weighted by Crippen LogP contribution is -2.57. The van der Waals surface area contributed by atoms with E-state index >= 15 is 0 Å². The van der Waals surface area contributed by atoms with Crippen molar-refractivity contribution < 1.29 is 24.3 Å². The zero-order valence-electron chi connectivity index (χ0n) is 15.1. The molecule has 1 saturated carbocycles. The highest BCUT2D eigenvalue weighted by molar-refractivity contribution is 7.11. The van der Waals surface area contributed by atoms with Crippen LogP contribution in [0.5, 0.6) is 0 Å². The molecule has 1 spiro atoms. The largest absolute Gasteiger partial charge is 0.458 e. The quantitative estimate of drug-likeness (QED) is 0.719. The number of carbonyl (C=O) groups is 2. The number of carbonyl (C=O) groups excluding carboxylic acids is 2. The molecule has 0 aromatic carbocycles. The average molecular weight is 387 g/mol. The first kappa shape index (κ1) is 17.2. The van der Waals surface area contributed by atoms with E-state index in [-0.39, 0.29) is 17.6 Å². The van der Waals surface area contributed by atoms with E-state index in [2.05, 4.69) is 5.48 Å².